The molecule has 0 bridgehead atoms. The molecule has 1 amide bonds. The molecule has 2 N–H and O–H groups in total. The van der Waals surface area contributed by atoms with Crippen molar-refractivity contribution in [3.05, 3.63) is 89.3 Å². The number of Topliss-reactive ketones (excluding diaryl/α,β-unsaturated/α-hetero) is 1. The smallest absolute Gasteiger partial charge is 0.254 e. The Balaban J connectivity index is 1.71. The molecule has 1 unspecified atom stereocenters. The van der Waals surface area contributed by atoms with Gasteiger partial charge in [0, 0.05) is 35.1 Å². The van der Waals surface area contributed by atoms with Gasteiger partial charge in [-0.05, 0) is 68.8 Å². The first kappa shape index (κ1) is 22.0. The molecule has 4 aromatic rings. The highest BCUT2D eigenvalue weighted by molar-refractivity contribution is 5.98. The van der Waals surface area contributed by atoms with Crippen LogP contribution in [0.25, 0.3) is 10.9 Å². The number of aryl methyl sites for hydroxylation is 1. The minimum absolute atomic E-state index is 0.0614. The zero-order valence-corrected chi connectivity index (χ0v) is 18.7. The molecule has 0 saturated carbocycles. The number of hydrogen-bond acceptors (Lipinski definition) is 7. The number of anilines is 1. The molecule has 0 saturated heterocycles. The van der Waals surface area contributed by atoms with Crippen LogP contribution < -0.4 is 5.73 Å². The maximum atomic E-state index is 13.7. The van der Waals surface area contributed by atoms with Gasteiger partial charge in [0.2, 0.25) is 0 Å². The first-order valence-electron chi connectivity index (χ1n) is 10.5. The van der Waals surface area contributed by atoms with Crippen molar-refractivity contribution in [3.63, 3.8) is 0 Å². The summed E-state index contributed by atoms with van der Waals surface area (Å²) in [7, 11) is 0. The molecule has 4 rings (SSSR count). The number of amides is 1. The van der Waals surface area contributed by atoms with Crippen LogP contribution in [0.4, 0.5) is 5.82 Å². The van der Waals surface area contributed by atoms with E-state index in [0.717, 1.165) is 16.5 Å². The van der Waals surface area contributed by atoms with Crippen LogP contribution in [0.15, 0.2) is 61.1 Å². The van der Waals surface area contributed by atoms with Crippen molar-refractivity contribution in [1.82, 2.24) is 24.8 Å². The van der Waals surface area contributed by atoms with E-state index in [1.165, 1.54) is 13.1 Å². The van der Waals surface area contributed by atoms with Gasteiger partial charge in [0.1, 0.15) is 11.6 Å². The standard InChI is InChI=1S/C25H24N6O2/c1-15-11-20-12-18(6-8-22(20)30-23(15)26)25(33)31(16(2)24-27-9-4-10-28-24)14-21-7-5-19(13-29-21)17(3)32/h4-13,16H,14H2,1-3H3,(H2,26,30). The third kappa shape index (κ3) is 4.69. The average Bonchev–Trinajstić information content (AvgIpc) is 2.83. The summed E-state index contributed by atoms with van der Waals surface area (Å²) in [5.41, 5.74) is 9.19. The Bertz CT molecular complexity index is 1320. The summed E-state index contributed by atoms with van der Waals surface area (Å²) in [6, 6.07) is 12.1. The number of benzene rings is 1. The molecule has 8 nitrogen and oxygen atoms in total. The molecule has 0 radical (unpaired) electrons. The minimum atomic E-state index is -0.407. The molecule has 0 aliphatic rings. The second-order valence-electron chi connectivity index (χ2n) is 7.91. The Labute approximate surface area is 191 Å². The summed E-state index contributed by atoms with van der Waals surface area (Å²) in [4.78, 5) is 44.4. The van der Waals surface area contributed by atoms with Gasteiger partial charge in [0.05, 0.1) is 23.8 Å². The predicted molar refractivity (Wildman–Crippen MR) is 125 cm³/mol. The molecule has 8 heteroatoms. The highest BCUT2D eigenvalue weighted by Crippen LogP contribution is 2.25. The van der Waals surface area contributed by atoms with Crippen LogP contribution in [0.1, 0.15) is 57.7 Å². The lowest BCUT2D eigenvalue weighted by molar-refractivity contribution is 0.0663. The van der Waals surface area contributed by atoms with Crippen molar-refractivity contribution in [3.8, 4) is 0 Å². The third-order valence-electron chi connectivity index (χ3n) is 5.54. The molecule has 3 aromatic heterocycles. The Morgan fingerprint density at radius 3 is 2.42 bits per heavy atom. The van der Waals surface area contributed by atoms with Crippen molar-refractivity contribution >= 4 is 28.4 Å². The van der Waals surface area contributed by atoms with Crippen LogP contribution in [-0.2, 0) is 6.54 Å². The van der Waals surface area contributed by atoms with E-state index in [4.69, 9.17) is 5.73 Å². The predicted octanol–water partition coefficient (Wildman–Crippen LogP) is 3.92. The fraction of sp³-hybridized carbons (Fsp3) is 0.200. The van der Waals surface area contributed by atoms with Gasteiger partial charge in [-0.15, -0.1) is 0 Å². The number of fused-ring (bicyclic) bond motifs is 1. The van der Waals surface area contributed by atoms with Crippen LogP contribution in [0.5, 0.6) is 0 Å². The number of ketones is 1. The van der Waals surface area contributed by atoms with Gasteiger partial charge in [-0.3, -0.25) is 14.6 Å². The van der Waals surface area contributed by atoms with Crippen molar-refractivity contribution in [2.75, 3.05) is 5.73 Å². The molecular formula is C25H24N6O2. The summed E-state index contributed by atoms with van der Waals surface area (Å²) in [5, 5.41) is 0.833. The lowest BCUT2D eigenvalue weighted by Gasteiger charge is -2.28. The van der Waals surface area contributed by atoms with E-state index in [2.05, 4.69) is 19.9 Å². The van der Waals surface area contributed by atoms with Crippen molar-refractivity contribution in [1.29, 1.82) is 0 Å². The van der Waals surface area contributed by atoms with E-state index in [1.54, 1.807) is 47.6 Å². The summed E-state index contributed by atoms with van der Waals surface area (Å²) in [6.07, 6.45) is 4.82. The van der Waals surface area contributed by atoms with Gasteiger partial charge in [-0.2, -0.15) is 0 Å². The van der Waals surface area contributed by atoms with Crippen LogP contribution in [0.3, 0.4) is 0 Å². The maximum absolute atomic E-state index is 13.7. The van der Waals surface area contributed by atoms with Gasteiger partial charge in [0.25, 0.3) is 5.91 Å². The molecule has 1 atom stereocenters. The summed E-state index contributed by atoms with van der Waals surface area (Å²) in [5.74, 6) is 0.743. The Morgan fingerprint density at radius 2 is 1.76 bits per heavy atom. The topological polar surface area (TPSA) is 115 Å². The van der Waals surface area contributed by atoms with Crippen molar-refractivity contribution in [2.45, 2.75) is 33.4 Å². The number of nitrogen functional groups attached to an aromatic ring is 1. The molecule has 1 aromatic carbocycles. The lowest BCUT2D eigenvalue weighted by atomic mass is 10.1. The highest BCUT2D eigenvalue weighted by atomic mass is 16.2. The highest BCUT2D eigenvalue weighted by Gasteiger charge is 2.25. The molecule has 166 valence electrons. The van der Waals surface area contributed by atoms with E-state index < -0.39 is 6.04 Å². The summed E-state index contributed by atoms with van der Waals surface area (Å²) < 4.78 is 0. The normalized spacial score (nSPS) is 11.8. The molecule has 0 fully saturated rings. The molecule has 0 aliphatic heterocycles. The van der Waals surface area contributed by atoms with E-state index >= 15 is 0 Å². The number of hydrogen-bond donors (Lipinski definition) is 1. The number of pyridine rings is 2. The molecule has 0 spiro atoms. The number of aromatic nitrogens is 4. The average molecular weight is 441 g/mol. The number of carbonyl (C=O) groups excluding carboxylic acids is 2. The molecule has 0 aliphatic carbocycles. The van der Waals surface area contributed by atoms with Gasteiger partial charge in [0.15, 0.2) is 5.78 Å². The third-order valence-corrected chi connectivity index (χ3v) is 5.54. The van der Waals surface area contributed by atoms with Crippen molar-refractivity contribution in [2.24, 2.45) is 0 Å². The van der Waals surface area contributed by atoms with Gasteiger partial charge < -0.3 is 10.6 Å². The largest absolute Gasteiger partial charge is 0.383 e. The quantitative estimate of drug-likeness (QED) is 0.452. The molecule has 3 heterocycles. The van der Waals surface area contributed by atoms with Gasteiger partial charge in [-0.25, -0.2) is 15.0 Å². The minimum Gasteiger partial charge on any atom is -0.383 e. The Morgan fingerprint density at radius 1 is 1.03 bits per heavy atom. The number of nitrogens with zero attached hydrogens (tertiary/aromatic N) is 5. The molecular weight excluding hydrogens is 416 g/mol. The van der Waals surface area contributed by atoms with Crippen LogP contribution in [-0.4, -0.2) is 36.5 Å². The Hall–Kier alpha value is -4.20. The molecule has 33 heavy (non-hydrogen) atoms. The summed E-state index contributed by atoms with van der Waals surface area (Å²) >= 11 is 0. The van der Waals surface area contributed by atoms with E-state index in [9.17, 15) is 9.59 Å². The zero-order chi connectivity index (χ0) is 23.5. The van der Waals surface area contributed by atoms with Gasteiger partial charge in [-0.1, -0.05) is 0 Å². The number of rotatable bonds is 6. The first-order valence-corrected chi connectivity index (χ1v) is 10.5. The first-order chi connectivity index (χ1) is 15.8. The number of carbonyl (C=O) groups is 2. The van der Waals surface area contributed by atoms with Crippen LogP contribution in [0.2, 0.25) is 0 Å². The SMILES string of the molecule is CC(=O)c1ccc(CN(C(=O)c2ccc3nc(N)c(C)cc3c2)C(C)c2ncccn2)nc1. The fourth-order valence-corrected chi connectivity index (χ4v) is 3.55. The van der Waals surface area contributed by atoms with E-state index in [0.29, 0.717) is 28.5 Å². The van der Waals surface area contributed by atoms with Crippen LogP contribution >= 0.6 is 0 Å². The number of nitrogens with two attached hydrogens (primary N) is 1. The Kier molecular flexibility index (Phi) is 6.08. The maximum Gasteiger partial charge on any atom is 0.254 e. The second-order valence-corrected chi connectivity index (χ2v) is 7.91. The zero-order valence-electron chi connectivity index (χ0n) is 18.7. The second kappa shape index (κ2) is 9.12. The van der Waals surface area contributed by atoms with Crippen LogP contribution in [0, 0.1) is 6.92 Å². The van der Waals surface area contributed by atoms with Crippen molar-refractivity contribution < 1.29 is 9.59 Å². The van der Waals surface area contributed by atoms with E-state index in [1.807, 2.05) is 26.0 Å². The lowest BCUT2D eigenvalue weighted by Crippen LogP contribution is -2.34. The van der Waals surface area contributed by atoms with Gasteiger partial charge >= 0.3 is 0 Å². The fourth-order valence-electron chi connectivity index (χ4n) is 3.55. The monoisotopic (exact) mass is 440 g/mol. The summed E-state index contributed by atoms with van der Waals surface area (Å²) in [6.45, 7) is 5.48. The van der Waals surface area contributed by atoms with E-state index in [-0.39, 0.29) is 18.2 Å².